The van der Waals surface area contributed by atoms with Gasteiger partial charge in [0.2, 0.25) is 9.84 Å². The monoisotopic (exact) mass is 293 g/mol. The first-order chi connectivity index (χ1) is 9.10. The molecule has 1 aromatic carbocycles. The highest BCUT2D eigenvalue weighted by Gasteiger charge is 2.23. The van der Waals surface area contributed by atoms with Gasteiger partial charge in [-0.2, -0.15) is 0 Å². The van der Waals surface area contributed by atoms with Crippen LogP contribution in [0.1, 0.15) is 0 Å². The Morgan fingerprint density at radius 1 is 1.11 bits per heavy atom. The van der Waals surface area contributed by atoms with Gasteiger partial charge < -0.3 is 4.98 Å². The van der Waals surface area contributed by atoms with Gasteiger partial charge in [-0.3, -0.25) is 0 Å². The molecule has 0 bridgehead atoms. The van der Waals surface area contributed by atoms with E-state index >= 15 is 0 Å². The summed E-state index contributed by atoms with van der Waals surface area (Å²) in [5.74, 6) is 0. The van der Waals surface area contributed by atoms with Crippen LogP contribution in [0.25, 0.3) is 11.0 Å². The van der Waals surface area contributed by atoms with Crippen LogP contribution < -0.4 is 0 Å². The van der Waals surface area contributed by atoms with Crippen LogP contribution in [-0.4, -0.2) is 23.4 Å². The van der Waals surface area contributed by atoms with Gasteiger partial charge in [0.05, 0.1) is 4.90 Å². The second-order valence-electron chi connectivity index (χ2n) is 3.86. The molecular formula is C12H8ClN3O2S. The Bertz CT molecular complexity index is 844. The quantitative estimate of drug-likeness (QED) is 0.736. The summed E-state index contributed by atoms with van der Waals surface area (Å²) in [5, 5.41) is 0.194. The zero-order chi connectivity index (χ0) is 13.5. The fourth-order valence-corrected chi connectivity index (χ4v) is 3.40. The van der Waals surface area contributed by atoms with Crippen molar-refractivity contribution in [3.63, 3.8) is 0 Å². The van der Waals surface area contributed by atoms with Crippen molar-refractivity contribution in [3.05, 3.63) is 48.0 Å². The second-order valence-corrected chi connectivity index (χ2v) is 6.13. The molecule has 0 atom stereocenters. The van der Waals surface area contributed by atoms with Gasteiger partial charge in [-0.05, 0) is 12.1 Å². The Labute approximate surface area is 114 Å². The number of sulfone groups is 1. The summed E-state index contributed by atoms with van der Waals surface area (Å²) in [5.41, 5.74) is 0.711. The molecule has 0 aliphatic heterocycles. The molecule has 0 fully saturated rings. The van der Waals surface area contributed by atoms with E-state index in [-0.39, 0.29) is 14.9 Å². The van der Waals surface area contributed by atoms with Crippen molar-refractivity contribution in [2.24, 2.45) is 0 Å². The van der Waals surface area contributed by atoms with Gasteiger partial charge >= 0.3 is 0 Å². The Morgan fingerprint density at radius 3 is 2.58 bits per heavy atom. The lowest BCUT2D eigenvalue weighted by Gasteiger charge is -2.02. The fraction of sp³-hybridized carbons (Fsp3) is 0. The molecule has 0 saturated heterocycles. The highest BCUT2D eigenvalue weighted by molar-refractivity contribution is 7.91. The molecule has 2 heterocycles. The van der Waals surface area contributed by atoms with Crippen LogP contribution in [-0.2, 0) is 9.84 Å². The number of aromatic nitrogens is 3. The summed E-state index contributed by atoms with van der Waals surface area (Å²) < 4.78 is 25.0. The molecule has 3 aromatic rings. The average molecular weight is 294 g/mol. The van der Waals surface area contributed by atoms with E-state index in [4.69, 9.17) is 11.6 Å². The number of H-pyrrole nitrogens is 1. The minimum absolute atomic E-state index is 0.0954. The largest absolute Gasteiger partial charge is 0.356 e. The molecule has 1 N–H and O–H groups in total. The maximum Gasteiger partial charge on any atom is 0.210 e. The van der Waals surface area contributed by atoms with Crippen molar-refractivity contribution in [2.45, 2.75) is 9.79 Å². The van der Waals surface area contributed by atoms with E-state index < -0.39 is 9.84 Å². The number of nitrogens with zero attached hydrogens (tertiary/aromatic N) is 2. The van der Waals surface area contributed by atoms with Crippen molar-refractivity contribution >= 4 is 32.5 Å². The summed E-state index contributed by atoms with van der Waals surface area (Å²) in [7, 11) is -3.62. The number of benzene rings is 1. The Hall–Kier alpha value is -1.92. The van der Waals surface area contributed by atoms with E-state index in [2.05, 4.69) is 15.0 Å². The molecule has 0 amide bonds. The van der Waals surface area contributed by atoms with Crippen molar-refractivity contribution in [2.75, 3.05) is 0 Å². The number of hydrogen-bond donors (Lipinski definition) is 1. The molecule has 7 heteroatoms. The van der Waals surface area contributed by atoms with Crippen LogP contribution in [0.2, 0.25) is 5.15 Å². The summed E-state index contributed by atoms with van der Waals surface area (Å²) in [4.78, 5) is 10.9. The molecule has 0 saturated carbocycles. The molecule has 96 valence electrons. The second kappa shape index (κ2) is 4.32. The van der Waals surface area contributed by atoms with Crippen LogP contribution in [0.5, 0.6) is 0 Å². The normalized spacial score (nSPS) is 11.8. The first kappa shape index (κ1) is 12.1. The lowest BCUT2D eigenvalue weighted by Crippen LogP contribution is -2.01. The number of hydrogen-bond acceptors (Lipinski definition) is 4. The zero-order valence-corrected chi connectivity index (χ0v) is 11.1. The number of fused-ring (bicyclic) bond motifs is 1. The number of nitrogens with one attached hydrogen (secondary N) is 1. The minimum atomic E-state index is -3.62. The van der Waals surface area contributed by atoms with E-state index in [0.717, 1.165) is 0 Å². The molecule has 0 aliphatic carbocycles. The van der Waals surface area contributed by atoms with Crippen LogP contribution in [0.4, 0.5) is 0 Å². The van der Waals surface area contributed by atoms with Crippen molar-refractivity contribution in [3.8, 4) is 0 Å². The molecule has 0 spiro atoms. The van der Waals surface area contributed by atoms with Crippen LogP contribution in [0, 0.1) is 0 Å². The summed E-state index contributed by atoms with van der Waals surface area (Å²) in [6, 6.07) is 8.18. The zero-order valence-electron chi connectivity index (χ0n) is 9.54. The number of rotatable bonds is 2. The van der Waals surface area contributed by atoms with Crippen molar-refractivity contribution in [1.82, 2.24) is 15.0 Å². The van der Waals surface area contributed by atoms with Crippen molar-refractivity contribution < 1.29 is 8.42 Å². The van der Waals surface area contributed by atoms with Crippen LogP contribution >= 0.6 is 11.6 Å². The highest BCUT2D eigenvalue weighted by atomic mass is 35.5. The summed E-state index contributed by atoms with van der Waals surface area (Å²) in [6.07, 6.45) is 2.62. The SMILES string of the molecule is O=S(=O)(c1ccccc1)c1c[nH]c2c(Cl)ncnc12. The standard InChI is InChI=1S/C12H8ClN3O2S/c13-12-11-10(15-7-16-12)9(6-14-11)19(17,18)8-4-2-1-3-5-8/h1-7,14H. The average Bonchev–Trinajstić information content (AvgIpc) is 2.86. The molecule has 19 heavy (non-hydrogen) atoms. The predicted molar refractivity (Wildman–Crippen MR) is 70.8 cm³/mol. The third-order valence-electron chi connectivity index (χ3n) is 2.73. The van der Waals surface area contributed by atoms with Gasteiger partial charge in [0, 0.05) is 6.20 Å². The summed E-state index contributed by atoms with van der Waals surface area (Å²) in [6.45, 7) is 0. The van der Waals surface area contributed by atoms with Gasteiger partial charge in [-0.1, -0.05) is 29.8 Å². The minimum Gasteiger partial charge on any atom is -0.356 e. The van der Waals surface area contributed by atoms with E-state index in [1.54, 1.807) is 18.2 Å². The topological polar surface area (TPSA) is 75.7 Å². The Kier molecular flexibility index (Phi) is 2.76. The van der Waals surface area contributed by atoms with Gasteiger partial charge in [-0.15, -0.1) is 0 Å². The van der Waals surface area contributed by atoms with Crippen molar-refractivity contribution in [1.29, 1.82) is 0 Å². The molecule has 0 radical (unpaired) electrons. The van der Waals surface area contributed by atoms with E-state index in [1.165, 1.54) is 24.7 Å². The summed E-state index contributed by atoms with van der Waals surface area (Å²) >= 11 is 5.89. The van der Waals surface area contributed by atoms with Gasteiger partial charge in [0.15, 0.2) is 5.15 Å². The third kappa shape index (κ3) is 1.89. The van der Waals surface area contributed by atoms with Crippen LogP contribution in [0.3, 0.4) is 0 Å². The Balaban J connectivity index is 2.29. The third-order valence-corrected chi connectivity index (χ3v) is 4.79. The van der Waals surface area contributed by atoms with Crippen LogP contribution in [0.15, 0.2) is 52.6 Å². The molecule has 0 aliphatic rings. The fourth-order valence-electron chi connectivity index (χ4n) is 1.82. The number of aromatic amines is 1. The highest BCUT2D eigenvalue weighted by Crippen LogP contribution is 2.28. The van der Waals surface area contributed by atoms with Gasteiger partial charge in [0.25, 0.3) is 0 Å². The first-order valence-corrected chi connectivity index (χ1v) is 7.24. The maximum atomic E-state index is 12.5. The van der Waals surface area contributed by atoms with Gasteiger partial charge in [0.1, 0.15) is 22.3 Å². The molecule has 0 unspecified atom stereocenters. The molecule has 3 rings (SSSR count). The maximum absolute atomic E-state index is 12.5. The molecular weight excluding hydrogens is 286 g/mol. The Morgan fingerprint density at radius 2 is 1.84 bits per heavy atom. The predicted octanol–water partition coefficient (Wildman–Crippen LogP) is 2.44. The van der Waals surface area contributed by atoms with E-state index in [1.807, 2.05) is 0 Å². The number of halogens is 1. The van der Waals surface area contributed by atoms with Gasteiger partial charge in [-0.25, -0.2) is 18.4 Å². The molecule has 2 aromatic heterocycles. The van der Waals surface area contributed by atoms with E-state index in [9.17, 15) is 8.42 Å². The lowest BCUT2D eigenvalue weighted by atomic mass is 10.4. The lowest BCUT2D eigenvalue weighted by molar-refractivity contribution is 0.597. The first-order valence-electron chi connectivity index (χ1n) is 5.38. The van der Waals surface area contributed by atoms with E-state index in [0.29, 0.717) is 11.0 Å². The molecule has 5 nitrogen and oxygen atoms in total. The smallest absolute Gasteiger partial charge is 0.210 e.